The molecular weight excluding hydrogens is 232 g/mol. The molecule has 0 aromatic carbocycles. The normalized spacial score (nSPS) is 10.6. The molecule has 1 amide bonds. The van der Waals surface area contributed by atoms with Gasteiger partial charge in [-0.2, -0.15) is 10.2 Å². The fourth-order valence-corrected chi connectivity index (χ4v) is 1.65. The molecule has 0 radical (unpaired) electrons. The third-order valence-corrected chi connectivity index (χ3v) is 2.80. The first kappa shape index (κ1) is 12.2. The predicted octanol–water partition coefficient (Wildman–Crippen LogP) is 0.00632. The smallest absolute Gasteiger partial charge is 0.273 e. The summed E-state index contributed by atoms with van der Waals surface area (Å²) in [5, 5.41) is 13.4. The SMILES string of the molecule is Cc1[nH]nc(C(=O)NCCc2ccnn2C)c1N. The summed E-state index contributed by atoms with van der Waals surface area (Å²) in [5.74, 6) is -0.265. The summed E-state index contributed by atoms with van der Waals surface area (Å²) in [6.45, 7) is 2.29. The van der Waals surface area contributed by atoms with Gasteiger partial charge in [-0.1, -0.05) is 0 Å². The molecule has 0 aliphatic heterocycles. The minimum absolute atomic E-state index is 0.248. The van der Waals surface area contributed by atoms with Crippen molar-refractivity contribution in [2.24, 2.45) is 7.05 Å². The molecule has 0 saturated carbocycles. The molecule has 0 spiro atoms. The van der Waals surface area contributed by atoms with Crippen molar-refractivity contribution in [2.45, 2.75) is 13.3 Å². The van der Waals surface area contributed by atoms with Gasteiger partial charge in [-0.3, -0.25) is 14.6 Å². The van der Waals surface area contributed by atoms with Crippen LogP contribution < -0.4 is 11.1 Å². The van der Waals surface area contributed by atoms with Crippen LogP contribution in [0.3, 0.4) is 0 Å². The zero-order chi connectivity index (χ0) is 13.1. The summed E-state index contributed by atoms with van der Waals surface area (Å²) in [7, 11) is 1.87. The molecule has 18 heavy (non-hydrogen) atoms. The van der Waals surface area contributed by atoms with Crippen LogP contribution in [0.5, 0.6) is 0 Å². The molecule has 0 fully saturated rings. The highest BCUT2D eigenvalue weighted by atomic mass is 16.1. The summed E-state index contributed by atoms with van der Waals surface area (Å²) < 4.78 is 1.78. The summed E-state index contributed by atoms with van der Waals surface area (Å²) in [4.78, 5) is 11.8. The molecule has 2 rings (SSSR count). The fourth-order valence-electron chi connectivity index (χ4n) is 1.65. The van der Waals surface area contributed by atoms with Gasteiger partial charge in [0.2, 0.25) is 0 Å². The van der Waals surface area contributed by atoms with Crippen LogP contribution >= 0.6 is 0 Å². The molecule has 2 aromatic heterocycles. The molecule has 0 bridgehead atoms. The molecule has 0 unspecified atom stereocenters. The van der Waals surface area contributed by atoms with E-state index in [4.69, 9.17) is 5.73 Å². The Morgan fingerprint density at radius 2 is 2.39 bits per heavy atom. The van der Waals surface area contributed by atoms with Gasteiger partial charge in [0, 0.05) is 31.9 Å². The number of hydrogen-bond donors (Lipinski definition) is 3. The zero-order valence-corrected chi connectivity index (χ0v) is 10.4. The molecule has 2 heterocycles. The number of hydrogen-bond acceptors (Lipinski definition) is 4. The zero-order valence-electron chi connectivity index (χ0n) is 10.4. The van der Waals surface area contributed by atoms with Crippen molar-refractivity contribution in [3.05, 3.63) is 29.3 Å². The first-order valence-electron chi connectivity index (χ1n) is 5.65. The number of aromatic amines is 1. The number of rotatable bonds is 4. The maximum atomic E-state index is 11.8. The minimum atomic E-state index is -0.265. The maximum Gasteiger partial charge on any atom is 0.273 e. The van der Waals surface area contributed by atoms with E-state index in [1.807, 2.05) is 13.1 Å². The summed E-state index contributed by atoms with van der Waals surface area (Å²) in [6, 6.07) is 1.92. The van der Waals surface area contributed by atoms with Crippen molar-refractivity contribution < 1.29 is 4.79 Å². The molecule has 4 N–H and O–H groups in total. The number of anilines is 1. The van der Waals surface area contributed by atoms with Crippen molar-refractivity contribution in [3.63, 3.8) is 0 Å². The van der Waals surface area contributed by atoms with Crippen LogP contribution in [0.25, 0.3) is 0 Å². The molecule has 2 aromatic rings. The van der Waals surface area contributed by atoms with Gasteiger partial charge < -0.3 is 11.1 Å². The van der Waals surface area contributed by atoms with E-state index < -0.39 is 0 Å². The van der Waals surface area contributed by atoms with Gasteiger partial charge in [0.25, 0.3) is 5.91 Å². The Labute approximate surface area is 104 Å². The molecular formula is C11H16N6O. The molecule has 7 nitrogen and oxygen atoms in total. The number of nitrogens with two attached hydrogens (primary N) is 1. The molecule has 0 saturated heterocycles. The van der Waals surface area contributed by atoms with Crippen LogP contribution in [-0.2, 0) is 13.5 Å². The number of carbonyl (C=O) groups excluding carboxylic acids is 1. The number of H-pyrrole nitrogens is 1. The molecule has 0 aliphatic rings. The second kappa shape index (κ2) is 4.91. The molecule has 96 valence electrons. The van der Waals surface area contributed by atoms with Crippen LogP contribution in [0.15, 0.2) is 12.3 Å². The Kier molecular flexibility index (Phi) is 3.31. The second-order valence-electron chi connectivity index (χ2n) is 4.06. The number of aryl methyl sites for hydroxylation is 2. The van der Waals surface area contributed by atoms with Crippen molar-refractivity contribution in [1.29, 1.82) is 0 Å². The molecule has 0 atom stereocenters. The lowest BCUT2D eigenvalue weighted by Crippen LogP contribution is -2.27. The number of amides is 1. The van der Waals surface area contributed by atoms with Crippen LogP contribution in [-0.4, -0.2) is 32.4 Å². The van der Waals surface area contributed by atoms with Crippen LogP contribution in [0.4, 0.5) is 5.69 Å². The quantitative estimate of drug-likeness (QED) is 0.709. The average Bonchev–Trinajstić information content (AvgIpc) is 2.88. The van der Waals surface area contributed by atoms with E-state index in [9.17, 15) is 4.79 Å². The fraction of sp³-hybridized carbons (Fsp3) is 0.364. The van der Waals surface area contributed by atoms with Crippen LogP contribution in [0.1, 0.15) is 21.9 Å². The van der Waals surface area contributed by atoms with Gasteiger partial charge in [0.05, 0.1) is 11.4 Å². The van der Waals surface area contributed by atoms with E-state index in [0.717, 1.165) is 5.69 Å². The maximum absolute atomic E-state index is 11.8. The standard InChI is InChI=1S/C11H16N6O/c1-7-9(12)10(16-15-7)11(18)13-5-3-8-4-6-14-17(8)2/h4,6H,3,5,12H2,1-2H3,(H,13,18)(H,15,16). The Bertz CT molecular complexity index is 556. The Balaban J connectivity index is 1.89. The van der Waals surface area contributed by atoms with Gasteiger partial charge in [0.15, 0.2) is 5.69 Å². The largest absolute Gasteiger partial charge is 0.395 e. The minimum Gasteiger partial charge on any atom is -0.395 e. The number of aromatic nitrogens is 4. The molecule has 7 heteroatoms. The van der Waals surface area contributed by atoms with Gasteiger partial charge in [-0.05, 0) is 13.0 Å². The van der Waals surface area contributed by atoms with Gasteiger partial charge in [0.1, 0.15) is 0 Å². The predicted molar refractivity (Wildman–Crippen MR) is 67.0 cm³/mol. The van der Waals surface area contributed by atoms with E-state index in [2.05, 4.69) is 20.6 Å². The number of carbonyl (C=O) groups is 1. The van der Waals surface area contributed by atoms with Crippen molar-refractivity contribution in [2.75, 3.05) is 12.3 Å². The van der Waals surface area contributed by atoms with E-state index in [1.54, 1.807) is 17.8 Å². The second-order valence-corrected chi connectivity index (χ2v) is 4.06. The van der Waals surface area contributed by atoms with Gasteiger partial charge in [-0.15, -0.1) is 0 Å². The van der Waals surface area contributed by atoms with Crippen molar-refractivity contribution in [3.8, 4) is 0 Å². The third-order valence-electron chi connectivity index (χ3n) is 2.80. The van der Waals surface area contributed by atoms with E-state index in [0.29, 0.717) is 24.3 Å². The van der Waals surface area contributed by atoms with Crippen LogP contribution in [0.2, 0.25) is 0 Å². The van der Waals surface area contributed by atoms with Crippen molar-refractivity contribution >= 4 is 11.6 Å². The Hall–Kier alpha value is -2.31. The highest BCUT2D eigenvalue weighted by molar-refractivity contribution is 5.97. The molecule has 0 aliphatic carbocycles. The first-order chi connectivity index (χ1) is 8.59. The van der Waals surface area contributed by atoms with Gasteiger partial charge >= 0.3 is 0 Å². The lowest BCUT2D eigenvalue weighted by atomic mass is 10.2. The van der Waals surface area contributed by atoms with Crippen LogP contribution in [0, 0.1) is 6.92 Å². The highest BCUT2D eigenvalue weighted by Gasteiger charge is 2.14. The van der Waals surface area contributed by atoms with E-state index in [1.165, 1.54) is 0 Å². The third kappa shape index (κ3) is 2.34. The topological polar surface area (TPSA) is 102 Å². The Morgan fingerprint density at radius 3 is 2.94 bits per heavy atom. The van der Waals surface area contributed by atoms with Crippen molar-refractivity contribution in [1.82, 2.24) is 25.3 Å². The Morgan fingerprint density at radius 1 is 1.61 bits per heavy atom. The lowest BCUT2D eigenvalue weighted by Gasteiger charge is -2.04. The number of nitrogen functional groups attached to an aromatic ring is 1. The van der Waals surface area contributed by atoms with E-state index >= 15 is 0 Å². The number of nitrogens with zero attached hydrogens (tertiary/aromatic N) is 3. The summed E-state index contributed by atoms with van der Waals surface area (Å²) in [5.41, 5.74) is 8.13. The first-order valence-corrected chi connectivity index (χ1v) is 5.65. The summed E-state index contributed by atoms with van der Waals surface area (Å²) in [6.07, 6.45) is 2.44. The average molecular weight is 248 g/mol. The number of nitrogens with one attached hydrogen (secondary N) is 2. The van der Waals surface area contributed by atoms with E-state index in [-0.39, 0.29) is 11.6 Å². The highest BCUT2D eigenvalue weighted by Crippen LogP contribution is 2.11. The summed E-state index contributed by atoms with van der Waals surface area (Å²) >= 11 is 0. The monoisotopic (exact) mass is 248 g/mol. The van der Waals surface area contributed by atoms with Gasteiger partial charge in [-0.25, -0.2) is 0 Å². The lowest BCUT2D eigenvalue weighted by molar-refractivity contribution is 0.0950.